The highest BCUT2D eigenvalue weighted by Crippen LogP contribution is 2.47. The molecule has 1 heterocycles. The number of nitrogens with one attached hydrogen (secondary N) is 3. The van der Waals surface area contributed by atoms with Crippen LogP contribution in [0.15, 0.2) is 30.3 Å². The van der Waals surface area contributed by atoms with Gasteiger partial charge in [-0.05, 0) is 70.9 Å². The first-order valence-electron chi connectivity index (χ1n) is 13.0. The molecule has 1 aromatic rings. The van der Waals surface area contributed by atoms with E-state index >= 15 is 0 Å². The second kappa shape index (κ2) is 9.80. The number of nitrogens with zero attached hydrogens (tertiary/aromatic N) is 2. The topological polar surface area (TPSA) is 93.8 Å². The minimum absolute atomic E-state index is 0.0297. The number of likely N-dealkylation sites (N-methyl/N-ethyl adjacent to an activating group) is 1. The smallest absolute Gasteiger partial charge is 0.321 e. The lowest BCUT2D eigenvalue weighted by Gasteiger charge is -2.49. The molecule has 8 nitrogen and oxygen atoms in total. The third-order valence-electron chi connectivity index (χ3n) is 8.65. The predicted octanol–water partition coefficient (Wildman–Crippen LogP) is 2.59. The van der Waals surface area contributed by atoms with E-state index in [0.717, 1.165) is 32.2 Å². The number of hydrogen-bond donors (Lipinski definition) is 3. The molecule has 1 saturated heterocycles. The fourth-order valence-corrected chi connectivity index (χ4v) is 6.15. The van der Waals surface area contributed by atoms with Crippen LogP contribution >= 0.6 is 0 Å². The zero-order valence-corrected chi connectivity index (χ0v) is 21.7. The van der Waals surface area contributed by atoms with Crippen LogP contribution in [0.3, 0.4) is 0 Å². The molecule has 1 aliphatic heterocycles. The van der Waals surface area contributed by atoms with Crippen LogP contribution in [0.4, 0.5) is 4.79 Å². The van der Waals surface area contributed by atoms with E-state index in [1.807, 2.05) is 13.1 Å². The summed E-state index contributed by atoms with van der Waals surface area (Å²) in [6.07, 6.45) is 7.23. The molecule has 3 N–H and O–H groups in total. The van der Waals surface area contributed by atoms with Crippen molar-refractivity contribution in [3.05, 3.63) is 35.9 Å². The van der Waals surface area contributed by atoms with Gasteiger partial charge in [-0.3, -0.25) is 9.59 Å². The van der Waals surface area contributed by atoms with E-state index in [1.54, 1.807) is 25.8 Å². The molecule has 8 heteroatoms. The minimum Gasteiger partial charge on any atom is -0.357 e. The molecule has 3 fully saturated rings. The summed E-state index contributed by atoms with van der Waals surface area (Å²) in [6.45, 7) is 4.64. The van der Waals surface area contributed by atoms with Crippen LogP contribution in [0.25, 0.3) is 0 Å². The lowest BCUT2D eigenvalue weighted by molar-refractivity contribution is -0.132. The molecular formula is C27H41N5O3. The van der Waals surface area contributed by atoms with E-state index in [4.69, 9.17) is 0 Å². The van der Waals surface area contributed by atoms with Crippen molar-refractivity contribution in [1.29, 1.82) is 0 Å². The number of amides is 4. The Bertz CT molecular complexity index is 935. The van der Waals surface area contributed by atoms with Gasteiger partial charge in [0.25, 0.3) is 0 Å². The van der Waals surface area contributed by atoms with Gasteiger partial charge in [0.1, 0.15) is 12.1 Å². The van der Waals surface area contributed by atoms with E-state index in [0.29, 0.717) is 12.5 Å². The zero-order valence-electron chi connectivity index (χ0n) is 21.7. The number of rotatable bonds is 8. The lowest BCUT2D eigenvalue weighted by Crippen LogP contribution is -2.56. The largest absolute Gasteiger partial charge is 0.357 e. The highest BCUT2D eigenvalue weighted by molar-refractivity contribution is 5.92. The average Bonchev–Trinajstić information content (AvgIpc) is 3.06. The summed E-state index contributed by atoms with van der Waals surface area (Å²) in [4.78, 5) is 42.4. The van der Waals surface area contributed by atoms with Crippen LogP contribution in [0, 0.1) is 5.92 Å². The van der Waals surface area contributed by atoms with Gasteiger partial charge in [-0.1, -0.05) is 36.8 Å². The standard InChI is InChI=1S/C27H41N5O3/c1-25(2,23(34)28-3)30-22(33)18-31-19-26(32(24(31)35)17-20-9-8-10-20)13-15-27(29-4,16-14-26)21-11-6-5-7-12-21/h5-7,11-12,20,29H,8-10,13-19H2,1-4H3,(H,28,34)(H,30,33)/t26-,27+. The van der Waals surface area contributed by atoms with Crippen molar-refractivity contribution in [2.45, 2.75) is 75.4 Å². The third-order valence-corrected chi connectivity index (χ3v) is 8.65. The van der Waals surface area contributed by atoms with E-state index in [9.17, 15) is 14.4 Å². The lowest BCUT2D eigenvalue weighted by atomic mass is 9.68. The molecular weight excluding hydrogens is 442 g/mol. The molecule has 1 spiro atoms. The van der Waals surface area contributed by atoms with Gasteiger partial charge >= 0.3 is 6.03 Å². The summed E-state index contributed by atoms with van der Waals surface area (Å²) in [6, 6.07) is 10.5. The number of benzene rings is 1. The van der Waals surface area contributed by atoms with Gasteiger partial charge in [0, 0.05) is 25.7 Å². The molecule has 35 heavy (non-hydrogen) atoms. The van der Waals surface area contributed by atoms with Crippen LogP contribution in [0.5, 0.6) is 0 Å². The van der Waals surface area contributed by atoms with Crippen LogP contribution < -0.4 is 16.0 Å². The first-order valence-corrected chi connectivity index (χ1v) is 13.0. The van der Waals surface area contributed by atoms with Gasteiger partial charge in [-0.2, -0.15) is 0 Å². The van der Waals surface area contributed by atoms with Crippen molar-refractivity contribution >= 4 is 17.8 Å². The Morgan fingerprint density at radius 1 is 1.06 bits per heavy atom. The number of carbonyl (C=O) groups is 3. The second-order valence-electron chi connectivity index (χ2n) is 11.2. The first-order chi connectivity index (χ1) is 16.6. The Labute approximate surface area is 209 Å². The number of urea groups is 1. The molecule has 0 radical (unpaired) electrons. The quantitative estimate of drug-likeness (QED) is 0.530. The van der Waals surface area contributed by atoms with Crippen LogP contribution in [-0.4, -0.2) is 72.5 Å². The molecule has 4 amide bonds. The van der Waals surface area contributed by atoms with Gasteiger partial charge in [-0.15, -0.1) is 0 Å². The van der Waals surface area contributed by atoms with Gasteiger partial charge in [0.2, 0.25) is 11.8 Å². The van der Waals surface area contributed by atoms with Crippen molar-refractivity contribution in [3.8, 4) is 0 Å². The summed E-state index contributed by atoms with van der Waals surface area (Å²) >= 11 is 0. The van der Waals surface area contributed by atoms with E-state index in [-0.39, 0.29) is 35.5 Å². The Morgan fingerprint density at radius 2 is 1.71 bits per heavy atom. The van der Waals surface area contributed by atoms with Crippen molar-refractivity contribution < 1.29 is 14.4 Å². The zero-order chi connectivity index (χ0) is 25.3. The summed E-state index contributed by atoms with van der Waals surface area (Å²) in [5.41, 5.74) is -0.0941. The molecule has 2 aliphatic carbocycles. The SMILES string of the molecule is CNC(=O)C(C)(C)NC(=O)CN1C[C@]2(CC[C@@](NC)(c3ccccc3)CC2)N(CC2CCC2)C1=O. The molecule has 3 aliphatic rings. The first kappa shape index (κ1) is 25.5. The normalized spacial score (nSPS) is 27.1. The Balaban J connectivity index is 1.50. The van der Waals surface area contributed by atoms with Gasteiger partial charge in [0.15, 0.2) is 0 Å². The monoisotopic (exact) mass is 483 g/mol. The van der Waals surface area contributed by atoms with Crippen LogP contribution in [-0.2, 0) is 15.1 Å². The summed E-state index contributed by atoms with van der Waals surface area (Å²) in [5, 5.41) is 8.97. The maximum Gasteiger partial charge on any atom is 0.321 e. The Kier molecular flexibility index (Phi) is 7.13. The predicted molar refractivity (Wildman–Crippen MR) is 136 cm³/mol. The van der Waals surface area contributed by atoms with Crippen molar-refractivity contribution in [2.24, 2.45) is 5.92 Å². The molecule has 0 unspecified atom stereocenters. The molecule has 4 rings (SSSR count). The van der Waals surface area contributed by atoms with Gasteiger partial charge in [0.05, 0.1) is 5.54 Å². The van der Waals surface area contributed by atoms with E-state index in [1.165, 1.54) is 24.8 Å². The molecule has 1 aromatic carbocycles. The van der Waals surface area contributed by atoms with E-state index < -0.39 is 5.54 Å². The number of carbonyl (C=O) groups excluding carboxylic acids is 3. The molecule has 0 aromatic heterocycles. The molecule has 0 bridgehead atoms. The average molecular weight is 484 g/mol. The van der Waals surface area contributed by atoms with Gasteiger partial charge in [-0.25, -0.2) is 4.79 Å². The minimum atomic E-state index is -1.04. The fourth-order valence-electron chi connectivity index (χ4n) is 6.15. The molecule has 0 atom stereocenters. The number of hydrogen-bond acceptors (Lipinski definition) is 4. The van der Waals surface area contributed by atoms with E-state index in [2.05, 4.69) is 45.1 Å². The third kappa shape index (κ3) is 4.90. The van der Waals surface area contributed by atoms with Gasteiger partial charge < -0.3 is 25.8 Å². The highest BCUT2D eigenvalue weighted by atomic mass is 16.2. The molecule has 192 valence electrons. The fraction of sp³-hybridized carbons (Fsp3) is 0.667. The Hall–Kier alpha value is -2.61. The Morgan fingerprint density at radius 3 is 2.26 bits per heavy atom. The van der Waals surface area contributed by atoms with Crippen molar-refractivity contribution in [1.82, 2.24) is 25.8 Å². The summed E-state index contributed by atoms with van der Waals surface area (Å²) < 4.78 is 0. The second-order valence-corrected chi connectivity index (χ2v) is 11.2. The van der Waals surface area contributed by atoms with Crippen LogP contribution in [0.2, 0.25) is 0 Å². The maximum absolute atomic E-state index is 13.6. The molecule has 2 saturated carbocycles. The highest BCUT2D eigenvalue weighted by Gasteiger charge is 2.54. The van der Waals surface area contributed by atoms with Crippen LogP contribution in [0.1, 0.15) is 64.4 Å². The van der Waals surface area contributed by atoms with Crippen molar-refractivity contribution in [3.63, 3.8) is 0 Å². The maximum atomic E-state index is 13.6. The summed E-state index contributed by atoms with van der Waals surface area (Å²) in [5.74, 6) is -0.0163. The summed E-state index contributed by atoms with van der Waals surface area (Å²) in [7, 11) is 3.58. The van der Waals surface area contributed by atoms with Crippen molar-refractivity contribution in [2.75, 3.05) is 33.7 Å².